The van der Waals surface area contributed by atoms with Crippen LogP contribution in [0.1, 0.15) is 37.7 Å². The second-order valence-electron chi connectivity index (χ2n) is 8.69. The van der Waals surface area contributed by atoms with Gasteiger partial charge >= 0.3 is 0 Å². The molecule has 3 fully saturated rings. The van der Waals surface area contributed by atoms with Crippen LogP contribution in [0.3, 0.4) is 0 Å². The minimum atomic E-state index is 0.0791. The minimum absolute atomic E-state index is 0.0791. The maximum atomic E-state index is 12.8. The fourth-order valence-electron chi connectivity index (χ4n) is 4.57. The molecule has 4 rings (SSSR count). The average Bonchev–Trinajstić information content (AvgIpc) is 3.49. The van der Waals surface area contributed by atoms with Gasteiger partial charge in [-0.2, -0.15) is 0 Å². The molecule has 6 nitrogen and oxygen atoms in total. The topological polar surface area (TPSA) is 61.9 Å². The van der Waals surface area contributed by atoms with Gasteiger partial charge in [0.05, 0.1) is 19.6 Å². The summed E-state index contributed by atoms with van der Waals surface area (Å²) in [5.74, 6) is 1.11. The van der Waals surface area contributed by atoms with Crippen molar-refractivity contribution in [1.82, 2.24) is 15.1 Å². The van der Waals surface area contributed by atoms with Crippen molar-refractivity contribution in [2.75, 3.05) is 39.4 Å². The molecule has 2 aliphatic heterocycles. The van der Waals surface area contributed by atoms with E-state index in [0.29, 0.717) is 57.8 Å². The number of amides is 2. The lowest BCUT2D eigenvalue weighted by Crippen LogP contribution is -2.47. The fourth-order valence-corrected chi connectivity index (χ4v) is 4.57. The lowest BCUT2D eigenvalue weighted by Gasteiger charge is -2.33. The molecule has 2 amide bonds. The fraction of sp³-hybridized carbons (Fsp3) is 0.652. The van der Waals surface area contributed by atoms with E-state index in [2.05, 4.69) is 10.2 Å². The molecule has 158 valence electrons. The molecule has 3 aliphatic rings. The highest BCUT2D eigenvalue weighted by atomic mass is 16.5. The normalized spacial score (nSPS) is 25.2. The van der Waals surface area contributed by atoms with E-state index < -0.39 is 0 Å². The largest absolute Gasteiger partial charge is 0.378 e. The Morgan fingerprint density at radius 2 is 1.72 bits per heavy atom. The van der Waals surface area contributed by atoms with Gasteiger partial charge in [-0.3, -0.25) is 14.5 Å². The van der Waals surface area contributed by atoms with Gasteiger partial charge in [-0.15, -0.1) is 0 Å². The monoisotopic (exact) mass is 399 g/mol. The zero-order valence-corrected chi connectivity index (χ0v) is 17.2. The average molecular weight is 400 g/mol. The molecule has 0 unspecified atom stereocenters. The molecule has 2 saturated heterocycles. The highest BCUT2D eigenvalue weighted by Gasteiger charge is 2.38. The van der Waals surface area contributed by atoms with Crippen LogP contribution in [0.5, 0.6) is 0 Å². The van der Waals surface area contributed by atoms with E-state index in [-0.39, 0.29) is 11.8 Å². The van der Waals surface area contributed by atoms with E-state index in [9.17, 15) is 9.59 Å². The third-order valence-corrected chi connectivity index (χ3v) is 6.45. The summed E-state index contributed by atoms with van der Waals surface area (Å²) in [6.07, 6.45) is 5.72. The first-order chi connectivity index (χ1) is 14.2. The molecule has 0 bridgehead atoms. The van der Waals surface area contributed by atoms with Crippen LogP contribution >= 0.6 is 0 Å². The Labute approximate surface area is 173 Å². The van der Waals surface area contributed by atoms with Gasteiger partial charge in [-0.25, -0.2) is 0 Å². The Balaban J connectivity index is 1.29. The van der Waals surface area contributed by atoms with Gasteiger partial charge in [0.25, 0.3) is 0 Å². The van der Waals surface area contributed by atoms with Crippen molar-refractivity contribution in [1.29, 1.82) is 0 Å². The molecule has 1 aromatic rings. The van der Waals surface area contributed by atoms with Crippen molar-refractivity contribution in [3.63, 3.8) is 0 Å². The quantitative estimate of drug-likeness (QED) is 0.725. The Bertz CT molecular complexity index is 686. The Hall–Kier alpha value is -1.92. The van der Waals surface area contributed by atoms with Crippen LogP contribution in [-0.4, -0.2) is 73.1 Å². The molecule has 1 N–H and O–H groups in total. The van der Waals surface area contributed by atoms with E-state index in [1.807, 2.05) is 35.2 Å². The number of likely N-dealkylation sites (tertiary alicyclic amines) is 1. The molecule has 1 aromatic carbocycles. The Kier molecular flexibility index (Phi) is 6.82. The van der Waals surface area contributed by atoms with Crippen molar-refractivity contribution < 1.29 is 14.3 Å². The van der Waals surface area contributed by atoms with E-state index in [1.54, 1.807) is 0 Å². The lowest BCUT2D eigenvalue weighted by molar-refractivity contribution is -0.136. The number of hydrogen-bond donors (Lipinski definition) is 1. The summed E-state index contributed by atoms with van der Waals surface area (Å²) >= 11 is 0. The number of rotatable bonds is 8. The van der Waals surface area contributed by atoms with Crippen molar-refractivity contribution in [2.24, 2.45) is 5.92 Å². The maximum absolute atomic E-state index is 12.8. The number of carbonyl (C=O) groups excluding carboxylic acids is 2. The first-order valence-electron chi connectivity index (χ1n) is 11.1. The molecule has 0 radical (unpaired) electrons. The molecule has 0 spiro atoms. The maximum Gasteiger partial charge on any atom is 0.224 e. The molecular formula is C23H33N3O3. The smallest absolute Gasteiger partial charge is 0.224 e. The summed E-state index contributed by atoms with van der Waals surface area (Å²) in [7, 11) is 0. The van der Waals surface area contributed by atoms with Crippen molar-refractivity contribution in [3.05, 3.63) is 35.9 Å². The summed E-state index contributed by atoms with van der Waals surface area (Å²) in [6, 6.07) is 10.5. The van der Waals surface area contributed by atoms with Crippen molar-refractivity contribution in [2.45, 2.75) is 50.6 Å². The molecule has 0 aromatic heterocycles. The van der Waals surface area contributed by atoms with E-state index in [4.69, 9.17) is 4.74 Å². The third-order valence-electron chi connectivity index (χ3n) is 6.45. The van der Waals surface area contributed by atoms with E-state index >= 15 is 0 Å². The van der Waals surface area contributed by atoms with Gasteiger partial charge in [-0.05, 0) is 37.2 Å². The second kappa shape index (κ2) is 9.72. The number of benzene rings is 1. The number of nitrogens with one attached hydrogen (secondary N) is 1. The number of carbonyl (C=O) groups is 2. The van der Waals surface area contributed by atoms with Crippen LogP contribution in [0.4, 0.5) is 0 Å². The molecule has 1 saturated carbocycles. The van der Waals surface area contributed by atoms with Crippen LogP contribution in [-0.2, 0) is 20.7 Å². The predicted octanol–water partition coefficient (Wildman–Crippen LogP) is 1.84. The first kappa shape index (κ1) is 20.4. The lowest BCUT2D eigenvalue weighted by atomic mass is 10.1. The standard InChI is InChI=1S/C23H33N3O3/c27-22(14-18-4-2-1-3-5-18)24-16-21-9-8-20(26(21)17-19-6-7-19)15-23(28)25-10-12-29-13-11-25/h1-5,19-21H,6-17H2,(H,24,27)/t20-,21+/m1/s1. The minimum Gasteiger partial charge on any atom is -0.378 e. The molecular weight excluding hydrogens is 366 g/mol. The summed E-state index contributed by atoms with van der Waals surface area (Å²) < 4.78 is 5.37. The van der Waals surface area contributed by atoms with Crippen LogP contribution in [0, 0.1) is 5.92 Å². The van der Waals surface area contributed by atoms with Crippen LogP contribution in [0.2, 0.25) is 0 Å². The number of hydrogen-bond acceptors (Lipinski definition) is 4. The zero-order chi connectivity index (χ0) is 20.1. The summed E-state index contributed by atoms with van der Waals surface area (Å²) in [6.45, 7) is 4.48. The van der Waals surface area contributed by atoms with Crippen molar-refractivity contribution in [3.8, 4) is 0 Å². The molecule has 6 heteroatoms. The molecule has 2 atom stereocenters. The highest BCUT2D eigenvalue weighted by molar-refractivity contribution is 5.78. The third kappa shape index (κ3) is 5.80. The highest BCUT2D eigenvalue weighted by Crippen LogP contribution is 2.35. The summed E-state index contributed by atoms with van der Waals surface area (Å²) in [5, 5.41) is 3.14. The summed E-state index contributed by atoms with van der Waals surface area (Å²) in [4.78, 5) is 29.6. The van der Waals surface area contributed by atoms with Crippen LogP contribution in [0.25, 0.3) is 0 Å². The molecule has 1 aliphatic carbocycles. The van der Waals surface area contributed by atoms with Gasteiger partial charge in [-0.1, -0.05) is 30.3 Å². The number of ether oxygens (including phenoxy) is 1. The number of morpholine rings is 1. The Morgan fingerprint density at radius 1 is 1.00 bits per heavy atom. The van der Waals surface area contributed by atoms with Gasteiger partial charge < -0.3 is 15.0 Å². The SMILES string of the molecule is O=C(Cc1ccccc1)NC[C@@H]1CC[C@H](CC(=O)N2CCOCC2)N1CC1CC1. The van der Waals surface area contributed by atoms with E-state index in [0.717, 1.165) is 30.9 Å². The second-order valence-corrected chi connectivity index (χ2v) is 8.69. The van der Waals surface area contributed by atoms with Gasteiger partial charge in [0.2, 0.25) is 11.8 Å². The van der Waals surface area contributed by atoms with Crippen molar-refractivity contribution >= 4 is 11.8 Å². The Morgan fingerprint density at radius 3 is 2.45 bits per heavy atom. The molecule has 2 heterocycles. The summed E-state index contributed by atoms with van der Waals surface area (Å²) in [5.41, 5.74) is 1.04. The first-order valence-corrected chi connectivity index (χ1v) is 11.1. The zero-order valence-electron chi connectivity index (χ0n) is 17.2. The number of nitrogens with zero attached hydrogens (tertiary/aromatic N) is 2. The van der Waals surface area contributed by atoms with Crippen LogP contribution in [0.15, 0.2) is 30.3 Å². The van der Waals surface area contributed by atoms with Gasteiger partial charge in [0.1, 0.15) is 0 Å². The van der Waals surface area contributed by atoms with Crippen LogP contribution < -0.4 is 5.32 Å². The predicted molar refractivity (Wildman–Crippen MR) is 111 cm³/mol. The van der Waals surface area contributed by atoms with E-state index in [1.165, 1.54) is 12.8 Å². The van der Waals surface area contributed by atoms with Gasteiger partial charge in [0, 0.05) is 44.7 Å². The molecule has 29 heavy (non-hydrogen) atoms. The van der Waals surface area contributed by atoms with Gasteiger partial charge in [0.15, 0.2) is 0 Å².